The molecule has 0 atom stereocenters. The van der Waals surface area contributed by atoms with Crippen LogP contribution in [0, 0.1) is 0 Å². The molecule has 0 fully saturated rings. The summed E-state index contributed by atoms with van der Waals surface area (Å²) in [5, 5.41) is 0. The van der Waals surface area contributed by atoms with Gasteiger partial charge in [0.2, 0.25) is 5.78 Å². The number of ketones is 1. The number of benzene rings is 1. The van der Waals surface area contributed by atoms with Crippen molar-refractivity contribution in [1.29, 1.82) is 0 Å². The maximum atomic E-state index is 12.7. The summed E-state index contributed by atoms with van der Waals surface area (Å²) < 4.78 is 10.4. The van der Waals surface area contributed by atoms with E-state index in [1.807, 2.05) is 19.1 Å². The van der Waals surface area contributed by atoms with Crippen LogP contribution in [-0.2, 0) is 6.42 Å². The van der Waals surface area contributed by atoms with Crippen LogP contribution in [0.4, 0.5) is 0 Å². The van der Waals surface area contributed by atoms with Crippen LogP contribution in [-0.4, -0.2) is 25.0 Å². The van der Waals surface area contributed by atoms with Crippen molar-refractivity contribution in [3.05, 3.63) is 53.3 Å². The number of aromatic nitrogens is 1. The fourth-order valence-corrected chi connectivity index (χ4v) is 2.05. The highest BCUT2D eigenvalue weighted by atomic mass is 16.5. The topological polar surface area (TPSA) is 48.4 Å². The standard InChI is InChI=1S/C16H17NO3/c1-4-11-6-5-9-17-15(11)16(18)13-10-12(19-2)7-8-14(13)20-3/h5-10H,4H2,1-3H3. The van der Waals surface area contributed by atoms with Gasteiger partial charge in [-0.2, -0.15) is 0 Å². The lowest BCUT2D eigenvalue weighted by Gasteiger charge is -2.11. The third-order valence-electron chi connectivity index (χ3n) is 3.14. The molecule has 2 aromatic rings. The molecule has 1 heterocycles. The maximum Gasteiger partial charge on any atom is 0.215 e. The molecule has 1 aromatic carbocycles. The Labute approximate surface area is 118 Å². The molecule has 0 aliphatic carbocycles. The quantitative estimate of drug-likeness (QED) is 0.785. The highest BCUT2D eigenvalue weighted by Gasteiger charge is 2.19. The molecule has 0 N–H and O–H groups in total. The maximum absolute atomic E-state index is 12.7. The molecule has 0 bridgehead atoms. The Hall–Kier alpha value is -2.36. The van der Waals surface area contributed by atoms with Gasteiger partial charge in [-0.05, 0) is 36.2 Å². The number of methoxy groups -OCH3 is 2. The average molecular weight is 271 g/mol. The Morgan fingerprint density at radius 3 is 2.65 bits per heavy atom. The highest BCUT2D eigenvalue weighted by molar-refractivity contribution is 6.10. The summed E-state index contributed by atoms with van der Waals surface area (Å²) in [5.41, 5.74) is 1.84. The van der Waals surface area contributed by atoms with Gasteiger partial charge >= 0.3 is 0 Å². The number of aryl methyl sites for hydroxylation is 1. The Bertz CT molecular complexity index is 623. The zero-order valence-electron chi connectivity index (χ0n) is 11.8. The summed E-state index contributed by atoms with van der Waals surface area (Å²) in [6, 6.07) is 8.90. The first kappa shape index (κ1) is 14.1. The van der Waals surface area contributed by atoms with Crippen molar-refractivity contribution in [3.63, 3.8) is 0 Å². The molecule has 0 saturated carbocycles. The summed E-state index contributed by atoms with van der Waals surface area (Å²) in [4.78, 5) is 16.9. The van der Waals surface area contributed by atoms with Crippen molar-refractivity contribution in [2.75, 3.05) is 14.2 Å². The first-order chi connectivity index (χ1) is 9.71. The molecule has 0 radical (unpaired) electrons. The summed E-state index contributed by atoms with van der Waals surface area (Å²) in [6.45, 7) is 2.00. The summed E-state index contributed by atoms with van der Waals surface area (Å²) >= 11 is 0. The lowest BCUT2D eigenvalue weighted by molar-refractivity contribution is 0.103. The van der Waals surface area contributed by atoms with Gasteiger partial charge in [0.15, 0.2) is 0 Å². The molecule has 1 aromatic heterocycles. The van der Waals surface area contributed by atoms with Gasteiger partial charge in [0, 0.05) is 6.20 Å². The van der Waals surface area contributed by atoms with Gasteiger partial charge in [-0.25, -0.2) is 0 Å². The van der Waals surface area contributed by atoms with E-state index in [0.29, 0.717) is 22.8 Å². The molecule has 0 aliphatic rings. The molecular weight excluding hydrogens is 254 g/mol. The molecule has 0 unspecified atom stereocenters. The number of rotatable bonds is 5. The molecule has 0 spiro atoms. The summed E-state index contributed by atoms with van der Waals surface area (Å²) in [5.74, 6) is 0.977. The Kier molecular flexibility index (Phi) is 4.35. The van der Waals surface area contributed by atoms with E-state index in [4.69, 9.17) is 9.47 Å². The molecule has 0 saturated heterocycles. The van der Waals surface area contributed by atoms with E-state index in [1.54, 1.807) is 31.5 Å². The highest BCUT2D eigenvalue weighted by Crippen LogP contribution is 2.26. The lowest BCUT2D eigenvalue weighted by Crippen LogP contribution is -2.09. The second-order valence-electron chi connectivity index (χ2n) is 4.26. The minimum Gasteiger partial charge on any atom is -0.497 e. The van der Waals surface area contributed by atoms with Crippen molar-refractivity contribution in [1.82, 2.24) is 4.98 Å². The molecule has 20 heavy (non-hydrogen) atoms. The van der Waals surface area contributed by atoms with E-state index in [0.717, 1.165) is 12.0 Å². The van der Waals surface area contributed by atoms with Gasteiger partial charge in [-0.3, -0.25) is 9.78 Å². The second-order valence-corrected chi connectivity index (χ2v) is 4.26. The molecular formula is C16H17NO3. The van der Waals surface area contributed by atoms with E-state index in [9.17, 15) is 4.79 Å². The van der Waals surface area contributed by atoms with Gasteiger partial charge in [0.1, 0.15) is 17.2 Å². The van der Waals surface area contributed by atoms with E-state index in [1.165, 1.54) is 7.11 Å². The van der Waals surface area contributed by atoms with Crippen LogP contribution >= 0.6 is 0 Å². The molecule has 104 valence electrons. The largest absolute Gasteiger partial charge is 0.497 e. The van der Waals surface area contributed by atoms with Crippen LogP contribution in [0.5, 0.6) is 11.5 Å². The number of hydrogen-bond acceptors (Lipinski definition) is 4. The minimum absolute atomic E-state index is 0.154. The average Bonchev–Trinajstić information content (AvgIpc) is 2.53. The predicted octanol–water partition coefficient (Wildman–Crippen LogP) is 2.89. The summed E-state index contributed by atoms with van der Waals surface area (Å²) in [7, 11) is 3.10. The Morgan fingerprint density at radius 2 is 2.00 bits per heavy atom. The molecule has 0 aliphatic heterocycles. The van der Waals surface area contributed by atoms with Gasteiger partial charge < -0.3 is 9.47 Å². The number of pyridine rings is 1. The van der Waals surface area contributed by atoms with Crippen LogP contribution in [0.15, 0.2) is 36.5 Å². The normalized spacial score (nSPS) is 10.2. The number of hydrogen-bond donors (Lipinski definition) is 0. The second kappa shape index (κ2) is 6.19. The van der Waals surface area contributed by atoms with E-state index >= 15 is 0 Å². The number of nitrogens with zero attached hydrogens (tertiary/aromatic N) is 1. The Morgan fingerprint density at radius 1 is 1.20 bits per heavy atom. The van der Waals surface area contributed by atoms with Gasteiger partial charge in [-0.15, -0.1) is 0 Å². The van der Waals surface area contributed by atoms with Gasteiger partial charge in [-0.1, -0.05) is 13.0 Å². The number of ether oxygens (including phenoxy) is 2. The monoisotopic (exact) mass is 271 g/mol. The smallest absolute Gasteiger partial charge is 0.215 e. The van der Waals surface area contributed by atoms with Crippen LogP contribution < -0.4 is 9.47 Å². The molecule has 0 amide bonds. The van der Waals surface area contributed by atoms with Crippen molar-refractivity contribution in [2.45, 2.75) is 13.3 Å². The molecule has 4 heteroatoms. The molecule has 4 nitrogen and oxygen atoms in total. The van der Waals surface area contributed by atoms with Gasteiger partial charge in [0.05, 0.1) is 19.8 Å². The van der Waals surface area contributed by atoms with E-state index in [-0.39, 0.29) is 5.78 Å². The fraction of sp³-hybridized carbons (Fsp3) is 0.250. The van der Waals surface area contributed by atoms with E-state index in [2.05, 4.69) is 4.98 Å². The van der Waals surface area contributed by atoms with Crippen LogP contribution in [0.1, 0.15) is 28.5 Å². The minimum atomic E-state index is -0.154. The Balaban J connectivity index is 2.52. The lowest BCUT2D eigenvalue weighted by atomic mass is 10.0. The first-order valence-electron chi connectivity index (χ1n) is 6.41. The third-order valence-corrected chi connectivity index (χ3v) is 3.14. The van der Waals surface area contributed by atoms with Crippen molar-refractivity contribution in [3.8, 4) is 11.5 Å². The number of carbonyl (C=O) groups is 1. The van der Waals surface area contributed by atoms with Gasteiger partial charge in [0.25, 0.3) is 0 Å². The van der Waals surface area contributed by atoms with Crippen molar-refractivity contribution in [2.24, 2.45) is 0 Å². The van der Waals surface area contributed by atoms with E-state index < -0.39 is 0 Å². The zero-order chi connectivity index (χ0) is 14.5. The third kappa shape index (κ3) is 2.64. The van der Waals surface area contributed by atoms with Crippen molar-refractivity contribution >= 4 is 5.78 Å². The fourth-order valence-electron chi connectivity index (χ4n) is 2.05. The van der Waals surface area contributed by atoms with Crippen LogP contribution in [0.2, 0.25) is 0 Å². The van der Waals surface area contributed by atoms with Crippen molar-refractivity contribution < 1.29 is 14.3 Å². The predicted molar refractivity (Wildman–Crippen MR) is 76.6 cm³/mol. The number of carbonyl (C=O) groups excluding carboxylic acids is 1. The van der Waals surface area contributed by atoms with Crippen LogP contribution in [0.25, 0.3) is 0 Å². The summed E-state index contributed by atoms with van der Waals surface area (Å²) in [6.07, 6.45) is 2.38. The van der Waals surface area contributed by atoms with Crippen LogP contribution in [0.3, 0.4) is 0 Å². The zero-order valence-corrected chi connectivity index (χ0v) is 11.8. The molecule has 2 rings (SSSR count). The first-order valence-corrected chi connectivity index (χ1v) is 6.41. The SMILES string of the molecule is CCc1cccnc1C(=O)c1cc(OC)ccc1OC.